The normalized spacial score (nSPS) is 17.5. The summed E-state index contributed by atoms with van der Waals surface area (Å²) >= 11 is 0. The number of aliphatic hydroxyl groups is 1. The molecule has 0 fully saturated rings. The lowest BCUT2D eigenvalue weighted by molar-refractivity contribution is 0.160. The molecule has 1 aliphatic rings. The molecule has 11 heavy (non-hydrogen) atoms. The third-order valence-electron chi connectivity index (χ3n) is 1.09. The van der Waals surface area contributed by atoms with Crippen molar-refractivity contribution >= 4 is 18.6 Å². The molecule has 1 N–H and O–H groups in total. The van der Waals surface area contributed by atoms with E-state index in [2.05, 4.69) is 4.99 Å². The van der Waals surface area contributed by atoms with E-state index in [1.807, 2.05) is 0 Å². The van der Waals surface area contributed by atoms with Gasteiger partial charge in [-0.3, -0.25) is 4.99 Å². The quantitative estimate of drug-likeness (QED) is 0.652. The van der Waals surface area contributed by atoms with Crippen LogP contribution < -0.4 is 0 Å². The summed E-state index contributed by atoms with van der Waals surface area (Å²) in [5, 5.41) is 9.01. The molecule has 1 atom stereocenters. The highest BCUT2D eigenvalue weighted by atomic mass is 35.5. The number of rotatable bonds is 1. The van der Waals surface area contributed by atoms with Crippen LogP contribution in [0, 0.1) is 0 Å². The fourth-order valence-electron chi connectivity index (χ4n) is 0.587. The number of aliphatic imine (C=N–C) groups is 1. The van der Waals surface area contributed by atoms with Crippen molar-refractivity contribution < 1.29 is 9.84 Å². The van der Waals surface area contributed by atoms with Gasteiger partial charge in [0.1, 0.15) is 18.1 Å². The molecule has 0 bridgehead atoms. The van der Waals surface area contributed by atoms with Crippen LogP contribution in [0.4, 0.5) is 0 Å². The van der Waals surface area contributed by atoms with E-state index < -0.39 is 6.10 Å². The van der Waals surface area contributed by atoms with Crippen LogP contribution in [0.2, 0.25) is 0 Å². The maximum absolute atomic E-state index is 9.01. The average molecular weight is 176 g/mol. The average Bonchev–Trinajstić information content (AvgIpc) is 2.12. The lowest BCUT2D eigenvalue weighted by atomic mass is 10.3. The van der Waals surface area contributed by atoms with Crippen molar-refractivity contribution in [2.75, 3.05) is 0 Å². The summed E-state index contributed by atoms with van der Waals surface area (Å²) in [4.78, 5) is 3.79. The van der Waals surface area contributed by atoms with Crippen molar-refractivity contribution in [3.8, 4) is 0 Å². The zero-order chi connectivity index (χ0) is 7.40. The maximum Gasteiger partial charge on any atom is 0.133 e. The third-order valence-corrected chi connectivity index (χ3v) is 1.09. The first kappa shape index (κ1) is 10.2. The maximum atomic E-state index is 9.01. The third kappa shape index (κ3) is 3.20. The Balaban J connectivity index is 0.000001000. The Hall–Kier alpha value is -0.800. The van der Waals surface area contributed by atoms with Crippen molar-refractivity contribution in [2.24, 2.45) is 4.99 Å². The molecule has 1 unspecified atom stereocenters. The van der Waals surface area contributed by atoms with Gasteiger partial charge in [-0.15, -0.1) is 12.4 Å². The predicted octanol–water partition coefficient (Wildman–Crippen LogP) is 1.25. The molecule has 0 aliphatic carbocycles. The molecule has 3 nitrogen and oxygen atoms in total. The van der Waals surface area contributed by atoms with Crippen LogP contribution in [0.1, 0.15) is 6.92 Å². The van der Waals surface area contributed by atoms with Gasteiger partial charge in [0.2, 0.25) is 0 Å². The summed E-state index contributed by atoms with van der Waals surface area (Å²) in [7, 11) is 0. The Morgan fingerprint density at radius 2 is 2.36 bits per heavy atom. The molecule has 0 saturated carbocycles. The summed E-state index contributed by atoms with van der Waals surface area (Å²) in [6.07, 6.45) is 5.58. The van der Waals surface area contributed by atoms with Gasteiger partial charge in [-0.1, -0.05) is 0 Å². The van der Waals surface area contributed by atoms with Gasteiger partial charge in [0.25, 0.3) is 0 Å². The topological polar surface area (TPSA) is 41.8 Å². The Bertz CT molecular complexity index is 197. The van der Waals surface area contributed by atoms with Gasteiger partial charge in [-0.25, -0.2) is 0 Å². The highest BCUT2D eigenvalue weighted by molar-refractivity contribution is 5.85. The number of aliphatic hydroxyl groups excluding tert-OH is 1. The van der Waals surface area contributed by atoms with Crippen LogP contribution in [-0.4, -0.2) is 17.4 Å². The molecule has 0 aromatic rings. The van der Waals surface area contributed by atoms with Gasteiger partial charge in [0.05, 0.1) is 6.20 Å². The number of halogens is 1. The molecule has 62 valence electrons. The van der Waals surface area contributed by atoms with Gasteiger partial charge in [0.15, 0.2) is 0 Å². The second-order valence-electron chi connectivity index (χ2n) is 1.95. The molecule has 1 heterocycles. The highest BCUT2D eigenvalue weighted by Crippen LogP contribution is 2.05. The summed E-state index contributed by atoms with van der Waals surface area (Å²) in [6.45, 7) is 1.64. The first-order valence-electron chi connectivity index (χ1n) is 3.04. The fraction of sp³-hybridized carbons (Fsp3) is 0.286. The number of hydrogen-bond donors (Lipinski definition) is 1. The van der Waals surface area contributed by atoms with Crippen LogP contribution in [-0.2, 0) is 4.74 Å². The zero-order valence-corrected chi connectivity index (χ0v) is 6.91. The number of ether oxygens (including phenoxy) is 1. The second-order valence-corrected chi connectivity index (χ2v) is 1.95. The minimum absolute atomic E-state index is 0. The van der Waals surface area contributed by atoms with Crippen LogP contribution in [0.5, 0.6) is 0 Å². The van der Waals surface area contributed by atoms with E-state index in [-0.39, 0.29) is 12.4 Å². The minimum atomic E-state index is -0.575. The van der Waals surface area contributed by atoms with Gasteiger partial charge in [-0.05, 0) is 13.0 Å². The Kier molecular flexibility index (Phi) is 4.57. The standard InChI is InChI=1S/C7H9NO2.ClH/c1-6(9)7-2-3-8-4-5-10-7;/h2-6,9H,1H3;1H. The molecule has 4 heteroatoms. The van der Waals surface area contributed by atoms with E-state index in [4.69, 9.17) is 9.84 Å². The number of allylic oxidation sites excluding steroid dienone is 1. The van der Waals surface area contributed by atoms with E-state index >= 15 is 0 Å². The van der Waals surface area contributed by atoms with Gasteiger partial charge >= 0.3 is 0 Å². The minimum Gasteiger partial charge on any atom is -0.465 e. The number of hydrogen-bond acceptors (Lipinski definition) is 3. The van der Waals surface area contributed by atoms with Crippen molar-refractivity contribution in [3.63, 3.8) is 0 Å². The van der Waals surface area contributed by atoms with Crippen LogP contribution in [0.25, 0.3) is 0 Å². The molecule has 0 aromatic heterocycles. The smallest absolute Gasteiger partial charge is 0.133 e. The van der Waals surface area contributed by atoms with E-state index in [0.29, 0.717) is 5.76 Å². The molecule has 0 spiro atoms. The zero-order valence-electron chi connectivity index (χ0n) is 6.10. The van der Waals surface area contributed by atoms with E-state index in [0.717, 1.165) is 0 Å². The van der Waals surface area contributed by atoms with E-state index in [1.165, 1.54) is 12.5 Å². The Morgan fingerprint density at radius 1 is 1.64 bits per heavy atom. The summed E-state index contributed by atoms with van der Waals surface area (Å²) < 4.78 is 4.97. The number of nitrogens with zero attached hydrogens (tertiary/aromatic N) is 1. The Morgan fingerprint density at radius 3 is 3.00 bits per heavy atom. The highest BCUT2D eigenvalue weighted by Gasteiger charge is 2.03. The molecule has 0 aromatic carbocycles. The predicted molar refractivity (Wildman–Crippen MR) is 45.7 cm³/mol. The molecule has 0 saturated heterocycles. The van der Waals surface area contributed by atoms with E-state index in [9.17, 15) is 0 Å². The van der Waals surface area contributed by atoms with Crippen molar-refractivity contribution in [2.45, 2.75) is 13.0 Å². The van der Waals surface area contributed by atoms with Gasteiger partial charge < -0.3 is 9.84 Å². The molecule has 1 rings (SSSR count). The molecule has 1 aliphatic heterocycles. The second kappa shape index (κ2) is 4.93. The molecular weight excluding hydrogens is 166 g/mol. The molecular formula is C7H10ClNO2. The summed E-state index contributed by atoms with van der Waals surface area (Å²) in [5.41, 5.74) is 0. The van der Waals surface area contributed by atoms with Gasteiger partial charge in [0, 0.05) is 6.21 Å². The first-order chi connectivity index (χ1) is 4.80. The molecule has 0 amide bonds. The molecule has 0 radical (unpaired) electrons. The summed E-state index contributed by atoms with van der Waals surface area (Å²) in [5.74, 6) is 0.512. The van der Waals surface area contributed by atoms with E-state index in [1.54, 1.807) is 19.2 Å². The fourth-order valence-corrected chi connectivity index (χ4v) is 0.587. The Labute approximate surface area is 71.5 Å². The van der Waals surface area contributed by atoms with Crippen LogP contribution >= 0.6 is 12.4 Å². The lowest BCUT2D eigenvalue weighted by Gasteiger charge is -2.05. The summed E-state index contributed by atoms with van der Waals surface area (Å²) in [6, 6.07) is 0. The van der Waals surface area contributed by atoms with Crippen molar-refractivity contribution in [1.29, 1.82) is 0 Å². The first-order valence-corrected chi connectivity index (χ1v) is 3.04. The van der Waals surface area contributed by atoms with Gasteiger partial charge in [-0.2, -0.15) is 0 Å². The monoisotopic (exact) mass is 175 g/mol. The largest absolute Gasteiger partial charge is 0.465 e. The van der Waals surface area contributed by atoms with Crippen molar-refractivity contribution in [1.82, 2.24) is 0 Å². The lowest BCUT2D eigenvalue weighted by Crippen LogP contribution is -2.05. The van der Waals surface area contributed by atoms with Crippen molar-refractivity contribution in [3.05, 3.63) is 24.3 Å². The van der Waals surface area contributed by atoms with Crippen LogP contribution in [0.3, 0.4) is 0 Å². The SMILES string of the molecule is CC(O)C1=CC=NC=CO1.Cl. The van der Waals surface area contributed by atoms with Crippen LogP contribution in [0.15, 0.2) is 29.3 Å².